The summed E-state index contributed by atoms with van der Waals surface area (Å²) in [4.78, 5) is 21.4. The molecule has 0 saturated carbocycles. The first-order valence-electron chi connectivity index (χ1n) is 10.6. The minimum Gasteiger partial charge on any atom is -0.497 e. The fourth-order valence-corrected chi connectivity index (χ4v) is 4.05. The van der Waals surface area contributed by atoms with E-state index in [0.29, 0.717) is 49.1 Å². The number of aliphatic imine (C=N–C) groups is 1. The van der Waals surface area contributed by atoms with Crippen molar-refractivity contribution >= 4 is 17.4 Å². The first-order chi connectivity index (χ1) is 16.0. The Morgan fingerprint density at radius 1 is 0.939 bits per heavy atom. The zero-order valence-electron chi connectivity index (χ0n) is 17.9. The maximum absolute atomic E-state index is 13.6. The Hall–Kier alpha value is -3.94. The smallest absolute Gasteiger partial charge is 0.254 e. The van der Waals surface area contributed by atoms with E-state index in [9.17, 15) is 13.6 Å². The second-order valence-corrected chi connectivity index (χ2v) is 7.80. The minimum atomic E-state index is -0.769. The maximum atomic E-state index is 13.6. The van der Waals surface area contributed by atoms with E-state index in [2.05, 4.69) is 4.90 Å². The van der Waals surface area contributed by atoms with E-state index in [1.54, 1.807) is 12.0 Å². The van der Waals surface area contributed by atoms with E-state index in [-0.39, 0.29) is 5.56 Å². The number of rotatable bonds is 2. The molecule has 8 heteroatoms. The summed E-state index contributed by atoms with van der Waals surface area (Å²) in [5, 5.41) is 0. The van der Waals surface area contributed by atoms with Gasteiger partial charge < -0.3 is 19.3 Å². The number of para-hydroxylation sites is 2. The predicted molar refractivity (Wildman–Crippen MR) is 120 cm³/mol. The highest BCUT2D eigenvalue weighted by atomic mass is 19.1. The minimum absolute atomic E-state index is 0.00478. The van der Waals surface area contributed by atoms with E-state index in [1.165, 1.54) is 0 Å². The van der Waals surface area contributed by atoms with Gasteiger partial charge >= 0.3 is 0 Å². The monoisotopic (exact) mass is 449 g/mol. The Labute approximate surface area is 189 Å². The van der Waals surface area contributed by atoms with Crippen LogP contribution in [0.5, 0.6) is 17.2 Å². The van der Waals surface area contributed by atoms with Crippen LogP contribution in [-0.4, -0.2) is 54.8 Å². The summed E-state index contributed by atoms with van der Waals surface area (Å²) in [5.74, 6) is 0.777. The van der Waals surface area contributed by atoms with Crippen molar-refractivity contribution in [1.29, 1.82) is 0 Å². The number of fused-ring (bicyclic) bond motifs is 2. The van der Waals surface area contributed by atoms with Gasteiger partial charge in [0.2, 0.25) is 0 Å². The van der Waals surface area contributed by atoms with Crippen LogP contribution in [0.15, 0.2) is 65.7 Å². The first-order valence-corrected chi connectivity index (χ1v) is 10.6. The molecule has 5 rings (SSSR count). The highest BCUT2D eigenvalue weighted by molar-refractivity contribution is 6.04. The van der Waals surface area contributed by atoms with Crippen LogP contribution in [-0.2, 0) is 0 Å². The average molecular weight is 449 g/mol. The molecular weight excluding hydrogens is 428 g/mol. The van der Waals surface area contributed by atoms with E-state index >= 15 is 0 Å². The summed E-state index contributed by atoms with van der Waals surface area (Å²) in [6, 6.07) is 16.0. The SMILES string of the molecule is COc1ccc2c(c1)C(N1CCN(C(=O)c3cc(F)cc(F)c3)CC1)=Nc1ccccc1O2. The largest absolute Gasteiger partial charge is 0.497 e. The van der Waals surface area contributed by atoms with E-state index < -0.39 is 17.5 Å². The van der Waals surface area contributed by atoms with Crippen molar-refractivity contribution < 1.29 is 23.0 Å². The summed E-state index contributed by atoms with van der Waals surface area (Å²) in [6.45, 7) is 1.78. The number of amides is 1. The number of carbonyl (C=O) groups excluding carboxylic acids is 1. The van der Waals surface area contributed by atoms with E-state index in [1.807, 2.05) is 42.5 Å². The van der Waals surface area contributed by atoms with Gasteiger partial charge in [0.1, 0.15) is 34.7 Å². The van der Waals surface area contributed by atoms with Crippen LogP contribution in [0, 0.1) is 11.6 Å². The van der Waals surface area contributed by atoms with Crippen LogP contribution in [0.1, 0.15) is 15.9 Å². The molecule has 3 aromatic carbocycles. The Bertz CT molecular complexity index is 1230. The number of amidine groups is 1. The normalized spacial score (nSPS) is 15.1. The molecule has 1 amide bonds. The van der Waals surface area contributed by atoms with Crippen LogP contribution >= 0.6 is 0 Å². The standard InChI is InChI=1S/C25H21F2N3O3/c1-32-19-6-7-22-20(15-19)24(28-21-4-2-3-5-23(21)33-22)29-8-10-30(11-9-29)25(31)16-12-17(26)14-18(27)13-16/h2-7,12-15H,8-11H2,1H3. The Balaban J connectivity index is 1.42. The second-order valence-electron chi connectivity index (χ2n) is 7.80. The molecule has 1 fully saturated rings. The fourth-order valence-electron chi connectivity index (χ4n) is 4.05. The number of ether oxygens (including phenoxy) is 2. The van der Waals surface area contributed by atoms with Crippen molar-refractivity contribution in [3.05, 3.63) is 83.4 Å². The molecule has 0 spiro atoms. The number of halogens is 2. The number of methoxy groups -OCH3 is 1. The van der Waals surface area contributed by atoms with Gasteiger partial charge in [0.05, 0.1) is 12.7 Å². The summed E-state index contributed by atoms with van der Waals surface area (Å²) >= 11 is 0. The molecule has 2 aliphatic rings. The van der Waals surface area contributed by atoms with Gasteiger partial charge in [-0.3, -0.25) is 4.79 Å². The molecule has 1 saturated heterocycles. The molecule has 0 N–H and O–H groups in total. The van der Waals surface area contributed by atoms with Gasteiger partial charge in [-0.25, -0.2) is 13.8 Å². The van der Waals surface area contributed by atoms with Gasteiger partial charge in [0.25, 0.3) is 5.91 Å². The summed E-state index contributed by atoms with van der Waals surface area (Å²) in [7, 11) is 1.60. The number of carbonyl (C=O) groups is 1. The Morgan fingerprint density at radius 3 is 2.39 bits per heavy atom. The lowest BCUT2D eigenvalue weighted by molar-refractivity contribution is 0.0691. The zero-order chi connectivity index (χ0) is 22.9. The molecule has 2 aliphatic heterocycles. The van der Waals surface area contributed by atoms with E-state index in [0.717, 1.165) is 29.6 Å². The Kier molecular flexibility index (Phi) is 5.42. The molecule has 3 aromatic rings. The molecule has 0 aliphatic carbocycles. The quantitative estimate of drug-likeness (QED) is 0.573. The van der Waals surface area contributed by atoms with Gasteiger partial charge in [0.15, 0.2) is 5.75 Å². The van der Waals surface area contributed by atoms with Crippen LogP contribution < -0.4 is 9.47 Å². The molecule has 0 unspecified atom stereocenters. The van der Waals surface area contributed by atoms with Crippen molar-refractivity contribution in [2.24, 2.45) is 4.99 Å². The molecule has 0 radical (unpaired) electrons. The highest BCUT2D eigenvalue weighted by Gasteiger charge is 2.28. The van der Waals surface area contributed by atoms with Crippen molar-refractivity contribution in [3.8, 4) is 17.2 Å². The molecule has 0 atom stereocenters. The molecule has 33 heavy (non-hydrogen) atoms. The topological polar surface area (TPSA) is 54.4 Å². The van der Waals surface area contributed by atoms with Crippen LogP contribution in [0.3, 0.4) is 0 Å². The second kappa shape index (κ2) is 8.54. The van der Waals surface area contributed by atoms with Gasteiger partial charge in [-0.05, 0) is 42.5 Å². The first kappa shape index (κ1) is 20.9. The lowest BCUT2D eigenvalue weighted by Gasteiger charge is -2.36. The third-order valence-corrected chi connectivity index (χ3v) is 5.72. The van der Waals surface area contributed by atoms with Crippen molar-refractivity contribution in [1.82, 2.24) is 9.80 Å². The molecule has 6 nitrogen and oxygen atoms in total. The number of piperazine rings is 1. The summed E-state index contributed by atoms with van der Waals surface area (Å²) in [6.07, 6.45) is 0. The van der Waals surface area contributed by atoms with Crippen molar-refractivity contribution in [2.45, 2.75) is 0 Å². The maximum Gasteiger partial charge on any atom is 0.254 e. The number of nitrogens with zero attached hydrogens (tertiary/aromatic N) is 3. The average Bonchev–Trinajstić information content (AvgIpc) is 2.99. The zero-order valence-corrected chi connectivity index (χ0v) is 17.9. The number of benzene rings is 3. The van der Waals surface area contributed by atoms with Crippen LogP contribution in [0.25, 0.3) is 0 Å². The number of hydrogen-bond acceptors (Lipinski definition) is 5. The van der Waals surface area contributed by atoms with Gasteiger partial charge in [-0.1, -0.05) is 12.1 Å². The van der Waals surface area contributed by atoms with Crippen molar-refractivity contribution in [2.75, 3.05) is 33.3 Å². The van der Waals surface area contributed by atoms with Crippen LogP contribution in [0.2, 0.25) is 0 Å². The third kappa shape index (κ3) is 4.11. The fraction of sp³-hybridized carbons (Fsp3) is 0.200. The highest BCUT2D eigenvalue weighted by Crippen LogP contribution is 2.39. The van der Waals surface area contributed by atoms with Crippen molar-refractivity contribution in [3.63, 3.8) is 0 Å². The van der Waals surface area contributed by atoms with E-state index in [4.69, 9.17) is 14.5 Å². The lowest BCUT2D eigenvalue weighted by Crippen LogP contribution is -2.50. The molecular formula is C25H21F2N3O3. The molecule has 0 aromatic heterocycles. The summed E-state index contributed by atoms with van der Waals surface area (Å²) < 4.78 is 38.7. The summed E-state index contributed by atoms with van der Waals surface area (Å²) in [5.41, 5.74) is 1.50. The van der Waals surface area contributed by atoms with Gasteiger partial charge in [-0.2, -0.15) is 0 Å². The lowest BCUT2D eigenvalue weighted by atomic mass is 10.1. The number of hydrogen-bond donors (Lipinski definition) is 0. The molecule has 2 heterocycles. The predicted octanol–water partition coefficient (Wildman–Crippen LogP) is 4.62. The Morgan fingerprint density at radius 2 is 1.67 bits per heavy atom. The third-order valence-electron chi connectivity index (χ3n) is 5.72. The molecule has 168 valence electrons. The van der Waals surface area contributed by atoms with Gasteiger partial charge in [-0.15, -0.1) is 0 Å². The van der Waals surface area contributed by atoms with Gasteiger partial charge in [0, 0.05) is 37.8 Å². The van der Waals surface area contributed by atoms with Crippen LogP contribution in [0.4, 0.5) is 14.5 Å². The molecule has 0 bridgehead atoms.